The van der Waals surface area contributed by atoms with Gasteiger partial charge in [0.25, 0.3) is 0 Å². The molecule has 2 aromatic rings. The van der Waals surface area contributed by atoms with Crippen molar-refractivity contribution in [2.24, 2.45) is 0 Å². The van der Waals surface area contributed by atoms with Gasteiger partial charge in [-0.15, -0.1) is 0 Å². The monoisotopic (exact) mass is 246 g/mol. The van der Waals surface area contributed by atoms with Gasteiger partial charge in [-0.1, -0.05) is 12.1 Å². The molecule has 1 atom stereocenters. The van der Waals surface area contributed by atoms with E-state index in [-0.39, 0.29) is 11.9 Å². The fourth-order valence-electron chi connectivity index (χ4n) is 2.41. The topological polar surface area (TPSA) is 38.0 Å². The van der Waals surface area contributed by atoms with E-state index in [1.165, 1.54) is 12.1 Å². The number of aromatic nitrogens is 2. The molecule has 18 heavy (non-hydrogen) atoms. The average Bonchev–Trinajstić information content (AvgIpc) is 2.70. The lowest BCUT2D eigenvalue weighted by molar-refractivity contribution is 0.141. The quantitative estimate of drug-likeness (QED) is 0.879. The summed E-state index contributed by atoms with van der Waals surface area (Å²) in [6.45, 7) is 0.812. The van der Waals surface area contributed by atoms with E-state index >= 15 is 0 Å². The molecule has 0 saturated heterocycles. The number of benzene rings is 1. The summed E-state index contributed by atoms with van der Waals surface area (Å²) >= 11 is 0. The Morgan fingerprint density at radius 2 is 2.33 bits per heavy atom. The third-order valence-electron chi connectivity index (χ3n) is 3.30. The normalized spacial score (nSPS) is 18.7. The van der Waals surface area contributed by atoms with Crippen LogP contribution in [0.5, 0.6) is 0 Å². The van der Waals surface area contributed by atoms with Crippen LogP contribution in [0.1, 0.15) is 23.5 Å². The molecular formula is C14H15FN2O. The summed E-state index contributed by atoms with van der Waals surface area (Å²) in [7, 11) is 0. The summed E-state index contributed by atoms with van der Waals surface area (Å²) in [5.41, 5.74) is 1.86. The van der Waals surface area contributed by atoms with Crippen LogP contribution in [0.4, 0.5) is 4.39 Å². The smallest absolute Gasteiger partial charge is 0.123 e. The molecular weight excluding hydrogens is 231 g/mol. The molecule has 0 saturated carbocycles. The van der Waals surface area contributed by atoms with E-state index < -0.39 is 0 Å². The van der Waals surface area contributed by atoms with Gasteiger partial charge in [0.15, 0.2) is 0 Å². The van der Waals surface area contributed by atoms with E-state index in [1.807, 2.05) is 12.3 Å². The second-order valence-corrected chi connectivity index (χ2v) is 4.80. The Morgan fingerprint density at radius 3 is 3.17 bits per heavy atom. The molecule has 0 bridgehead atoms. The van der Waals surface area contributed by atoms with Gasteiger partial charge in [0.05, 0.1) is 11.8 Å². The van der Waals surface area contributed by atoms with Crippen molar-refractivity contribution in [3.05, 3.63) is 53.4 Å². The Kier molecular flexibility index (Phi) is 2.88. The van der Waals surface area contributed by atoms with E-state index in [9.17, 15) is 9.50 Å². The molecule has 0 radical (unpaired) electrons. The van der Waals surface area contributed by atoms with E-state index in [1.54, 1.807) is 6.07 Å². The summed E-state index contributed by atoms with van der Waals surface area (Å²) in [5, 5.41) is 9.59. The minimum Gasteiger partial charge on any atom is -0.393 e. The van der Waals surface area contributed by atoms with Crippen LogP contribution in [-0.2, 0) is 19.4 Å². The summed E-state index contributed by atoms with van der Waals surface area (Å²) in [6.07, 6.45) is 3.76. The van der Waals surface area contributed by atoms with E-state index in [0.717, 1.165) is 30.0 Å². The number of aliphatic hydroxyl groups excluding tert-OH is 1. The number of halogens is 1. The van der Waals surface area contributed by atoms with Gasteiger partial charge in [0.1, 0.15) is 11.6 Å². The van der Waals surface area contributed by atoms with E-state index in [2.05, 4.69) is 9.55 Å². The zero-order valence-electron chi connectivity index (χ0n) is 10.0. The molecule has 0 fully saturated rings. The standard InChI is InChI=1S/C14H15FN2O/c15-11-3-1-2-10(6-11)7-12-9-17-5-4-13(18)8-14(17)16-12/h1-3,6,9,13,18H,4-5,7-8H2. The maximum atomic E-state index is 13.1. The van der Waals surface area contributed by atoms with Crippen LogP contribution in [-0.4, -0.2) is 20.8 Å². The van der Waals surface area contributed by atoms with Gasteiger partial charge in [0.2, 0.25) is 0 Å². The number of imidazole rings is 1. The van der Waals surface area contributed by atoms with Crippen molar-refractivity contribution >= 4 is 0 Å². The second-order valence-electron chi connectivity index (χ2n) is 4.80. The van der Waals surface area contributed by atoms with E-state index in [0.29, 0.717) is 12.8 Å². The number of fused-ring (bicyclic) bond motifs is 1. The molecule has 0 amide bonds. The van der Waals surface area contributed by atoms with Crippen molar-refractivity contribution in [1.29, 1.82) is 0 Å². The van der Waals surface area contributed by atoms with Crippen LogP contribution in [0, 0.1) is 5.82 Å². The van der Waals surface area contributed by atoms with Crippen LogP contribution in [0.15, 0.2) is 30.5 Å². The molecule has 1 aromatic carbocycles. The molecule has 2 heterocycles. The Bertz CT molecular complexity index is 565. The minimum atomic E-state index is -0.276. The lowest BCUT2D eigenvalue weighted by Gasteiger charge is -2.18. The zero-order chi connectivity index (χ0) is 12.5. The molecule has 94 valence electrons. The Hall–Kier alpha value is -1.68. The van der Waals surface area contributed by atoms with Gasteiger partial charge in [0, 0.05) is 25.6 Å². The number of nitrogens with zero attached hydrogens (tertiary/aromatic N) is 2. The molecule has 1 aromatic heterocycles. The van der Waals surface area contributed by atoms with Crippen LogP contribution >= 0.6 is 0 Å². The third-order valence-corrected chi connectivity index (χ3v) is 3.30. The first-order chi connectivity index (χ1) is 8.70. The highest BCUT2D eigenvalue weighted by molar-refractivity contribution is 5.22. The van der Waals surface area contributed by atoms with Crippen LogP contribution in [0.25, 0.3) is 0 Å². The molecule has 1 unspecified atom stereocenters. The molecule has 3 nitrogen and oxygen atoms in total. The molecule has 1 aliphatic rings. The Balaban J connectivity index is 1.82. The van der Waals surface area contributed by atoms with E-state index in [4.69, 9.17) is 0 Å². The maximum Gasteiger partial charge on any atom is 0.123 e. The zero-order valence-corrected chi connectivity index (χ0v) is 10.0. The average molecular weight is 246 g/mol. The molecule has 3 rings (SSSR count). The van der Waals surface area contributed by atoms with Crippen molar-refractivity contribution in [2.45, 2.75) is 31.9 Å². The fraction of sp³-hybridized carbons (Fsp3) is 0.357. The lowest BCUT2D eigenvalue weighted by Crippen LogP contribution is -2.22. The highest BCUT2D eigenvalue weighted by Gasteiger charge is 2.18. The van der Waals surface area contributed by atoms with Crippen molar-refractivity contribution in [1.82, 2.24) is 9.55 Å². The first-order valence-corrected chi connectivity index (χ1v) is 6.18. The van der Waals surface area contributed by atoms with Crippen molar-refractivity contribution < 1.29 is 9.50 Å². The maximum absolute atomic E-state index is 13.1. The van der Waals surface area contributed by atoms with Gasteiger partial charge < -0.3 is 9.67 Å². The fourth-order valence-corrected chi connectivity index (χ4v) is 2.41. The molecule has 0 aliphatic carbocycles. The molecule has 1 N–H and O–H groups in total. The summed E-state index contributed by atoms with van der Waals surface area (Å²) in [4.78, 5) is 4.51. The van der Waals surface area contributed by atoms with Gasteiger partial charge in [-0.3, -0.25) is 0 Å². The summed E-state index contributed by atoms with van der Waals surface area (Å²) < 4.78 is 15.2. The predicted molar refractivity (Wildman–Crippen MR) is 65.8 cm³/mol. The predicted octanol–water partition coefficient (Wildman–Crippen LogP) is 1.92. The Labute approximate surface area is 105 Å². The number of aliphatic hydroxyl groups is 1. The molecule has 0 spiro atoms. The highest BCUT2D eigenvalue weighted by Crippen LogP contribution is 2.17. The number of rotatable bonds is 2. The Morgan fingerprint density at radius 1 is 1.44 bits per heavy atom. The van der Waals surface area contributed by atoms with Gasteiger partial charge >= 0.3 is 0 Å². The van der Waals surface area contributed by atoms with Gasteiger partial charge in [-0.2, -0.15) is 0 Å². The minimum absolute atomic E-state index is 0.216. The van der Waals surface area contributed by atoms with Crippen molar-refractivity contribution in [2.75, 3.05) is 0 Å². The molecule has 4 heteroatoms. The second kappa shape index (κ2) is 4.53. The summed E-state index contributed by atoms with van der Waals surface area (Å²) in [6, 6.07) is 6.59. The number of hydrogen-bond acceptors (Lipinski definition) is 2. The summed E-state index contributed by atoms with van der Waals surface area (Å²) in [5.74, 6) is 0.715. The van der Waals surface area contributed by atoms with Crippen LogP contribution < -0.4 is 0 Å². The van der Waals surface area contributed by atoms with Crippen LogP contribution in [0.2, 0.25) is 0 Å². The first kappa shape index (κ1) is 11.4. The highest BCUT2D eigenvalue weighted by atomic mass is 19.1. The number of aryl methyl sites for hydroxylation is 1. The van der Waals surface area contributed by atoms with Crippen molar-refractivity contribution in [3.63, 3.8) is 0 Å². The number of hydrogen-bond donors (Lipinski definition) is 1. The lowest BCUT2D eigenvalue weighted by atomic mass is 10.1. The molecule has 1 aliphatic heterocycles. The largest absolute Gasteiger partial charge is 0.393 e. The van der Waals surface area contributed by atoms with Gasteiger partial charge in [-0.25, -0.2) is 9.37 Å². The SMILES string of the molecule is OC1CCn2cc(Cc3cccc(F)c3)nc2C1. The van der Waals surface area contributed by atoms with Crippen LogP contribution in [0.3, 0.4) is 0 Å². The third kappa shape index (κ3) is 2.29. The van der Waals surface area contributed by atoms with Crippen molar-refractivity contribution in [3.8, 4) is 0 Å². The first-order valence-electron chi connectivity index (χ1n) is 6.18. The van der Waals surface area contributed by atoms with Gasteiger partial charge in [-0.05, 0) is 24.1 Å².